The standard InChI is InChI=1S/C15H25N3O2/c1-4-18(5-2)10-6-7-12(3)17-14-8-9-16-11-13(14)15(19)20/h8-9,11-12H,4-7,10H2,1-3H3,(H,16,17)(H,19,20). The van der Waals surface area contributed by atoms with Crippen LogP contribution >= 0.6 is 0 Å². The predicted octanol–water partition coefficient (Wildman–Crippen LogP) is 2.70. The molecule has 0 aromatic carbocycles. The summed E-state index contributed by atoms with van der Waals surface area (Å²) in [7, 11) is 0. The van der Waals surface area contributed by atoms with Crippen molar-refractivity contribution in [2.24, 2.45) is 0 Å². The molecule has 0 bridgehead atoms. The molecular formula is C15H25N3O2. The highest BCUT2D eigenvalue weighted by Gasteiger charge is 2.12. The molecule has 5 heteroatoms. The minimum Gasteiger partial charge on any atom is -0.478 e. The highest BCUT2D eigenvalue weighted by Crippen LogP contribution is 2.16. The number of carbonyl (C=O) groups is 1. The maximum atomic E-state index is 11.1. The Labute approximate surface area is 121 Å². The van der Waals surface area contributed by atoms with Crippen LogP contribution in [-0.4, -0.2) is 46.6 Å². The maximum Gasteiger partial charge on any atom is 0.339 e. The van der Waals surface area contributed by atoms with E-state index in [-0.39, 0.29) is 11.6 Å². The molecule has 0 saturated carbocycles. The predicted molar refractivity (Wildman–Crippen MR) is 81.3 cm³/mol. The molecule has 112 valence electrons. The van der Waals surface area contributed by atoms with Crippen LogP contribution in [0.2, 0.25) is 0 Å². The number of anilines is 1. The topological polar surface area (TPSA) is 65.5 Å². The Bertz CT molecular complexity index is 419. The molecule has 0 spiro atoms. The second-order valence-corrected chi connectivity index (χ2v) is 4.94. The van der Waals surface area contributed by atoms with Gasteiger partial charge in [0.15, 0.2) is 0 Å². The molecule has 0 radical (unpaired) electrons. The summed E-state index contributed by atoms with van der Waals surface area (Å²) in [6.45, 7) is 9.65. The summed E-state index contributed by atoms with van der Waals surface area (Å²) in [4.78, 5) is 17.3. The average Bonchev–Trinajstić information content (AvgIpc) is 2.44. The first-order valence-corrected chi connectivity index (χ1v) is 7.24. The zero-order valence-electron chi connectivity index (χ0n) is 12.6. The van der Waals surface area contributed by atoms with Gasteiger partial charge in [0.1, 0.15) is 5.56 Å². The van der Waals surface area contributed by atoms with Crippen molar-refractivity contribution in [2.75, 3.05) is 25.0 Å². The van der Waals surface area contributed by atoms with E-state index in [0.717, 1.165) is 32.5 Å². The van der Waals surface area contributed by atoms with Crippen molar-refractivity contribution < 1.29 is 9.90 Å². The molecule has 20 heavy (non-hydrogen) atoms. The molecule has 0 saturated heterocycles. The largest absolute Gasteiger partial charge is 0.478 e. The van der Waals surface area contributed by atoms with Gasteiger partial charge in [-0.05, 0) is 45.5 Å². The van der Waals surface area contributed by atoms with Crippen molar-refractivity contribution in [1.82, 2.24) is 9.88 Å². The number of hydrogen-bond donors (Lipinski definition) is 2. The number of nitrogens with one attached hydrogen (secondary N) is 1. The Morgan fingerprint density at radius 2 is 2.15 bits per heavy atom. The summed E-state index contributed by atoms with van der Waals surface area (Å²) < 4.78 is 0. The van der Waals surface area contributed by atoms with Crippen molar-refractivity contribution in [3.05, 3.63) is 24.0 Å². The van der Waals surface area contributed by atoms with Gasteiger partial charge >= 0.3 is 5.97 Å². The summed E-state index contributed by atoms with van der Waals surface area (Å²) in [6, 6.07) is 1.95. The third kappa shape index (κ3) is 5.17. The van der Waals surface area contributed by atoms with E-state index in [1.807, 2.05) is 0 Å². The number of carboxylic acid groups (broad SMARTS) is 1. The van der Waals surface area contributed by atoms with E-state index in [2.05, 4.69) is 36.0 Å². The van der Waals surface area contributed by atoms with E-state index in [0.29, 0.717) is 5.69 Å². The number of rotatable bonds is 9. The van der Waals surface area contributed by atoms with E-state index in [9.17, 15) is 4.79 Å². The van der Waals surface area contributed by atoms with Crippen LogP contribution in [0.3, 0.4) is 0 Å². The molecule has 0 aliphatic carbocycles. The fraction of sp³-hybridized carbons (Fsp3) is 0.600. The Morgan fingerprint density at radius 1 is 1.45 bits per heavy atom. The quantitative estimate of drug-likeness (QED) is 0.727. The third-order valence-corrected chi connectivity index (χ3v) is 3.46. The molecule has 1 aromatic rings. The van der Waals surface area contributed by atoms with E-state index in [4.69, 9.17) is 5.11 Å². The van der Waals surface area contributed by atoms with Crippen LogP contribution in [0, 0.1) is 0 Å². The number of nitrogens with zero attached hydrogens (tertiary/aromatic N) is 2. The van der Waals surface area contributed by atoms with Gasteiger partial charge in [0.25, 0.3) is 0 Å². The second kappa shape index (κ2) is 8.53. The summed E-state index contributed by atoms with van der Waals surface area (Å²) in [6.07, 6.45) is 5.10. The van der Waals surface area contributed by atoms with Gasteiger partial charge in [0.05, 0.1) is 5.69 Å². The minimum absolute atomic E-state index is 0.225. The SMILES string of the molecule is CCN(CC)CCCC(C)Nc1ccncc1C(=O)O. The lowest BCUT2D eigenvalue weighted by molar-refractivity contribution is 0.0697. The summed E-state index contributed by atoms with van der Waals surface area (Å²) >= 11 is 0. The van der Waals surface area contributed by atoms with Gasteiger partial charge in [-0.1, -0.05) is 13.8 Å². The van der Waals surface area contributed by atoms with Crippen LogP contribution in [0.25, 0.3) is 0 Å². The third-order valence-electron chi connectivity index (χ3n) is 3.46. The molecule has 1 aromatic heterocycles. The summed E-state index contributed by atoms with van der Waals surface area (Å²) in [5.41, 5.74) is 0.867. The van der Waals surface area contributed by atoms with Crippen molar-refractivity contribution in [3.63, 3.8) is 0 Å². The molecule has 1 rings (SSSR count). The summed E-state index contributed by atoms with van der Waals surface area (Å²) in [5, 5.41) is 12.4. The Balaban J connectivity index is 2.46. The smallest absolute Gasteiger partial charge is 0.339 e. The molecule has 0 aliphatic rings. The molecule has 0 fully saturated rings. The molecule has 1 heterocycles. The zero-order chi connectivity index (χ0) is 15.0. The Hall–Kier alpha value is -1.62. The fourth-order valence-corrected chi connectivity index (χ4v) is 2.19. The first kappa shape index (κ1) is 16.4. The minimum atomic E-state index is -0.948. The van der Waals surface area contributed by atoms with Crippen LogP contribution in [-0.2, 0) is 0 Å². The first-order chi connectivity index (χ1) is 9.58. The number of pyridine rings is 1. The number of carboxylic acids is 1. The van der Waals surface area contributed by atoms with Gasteiger partial charge in [0.2, 0.25) is 0 Å². The second-order valence-electron chi connectivity index (χ2n) is 4.94. The maximum absolute atomic E-state index is 11.1. The number of hydrogen-bond acceptors (Lipinski definition) is 4. The number of aromatic carboxylic acids is 1. The Morgan fingerprint density at radius 3 is 2.75 bits per heavy atom. The molecule has 1 unspecified atom stereocenters. The van der Waals surface area contributed by atoms with Crippen LogP contribution < -0.4 is 5.32 Å². The average molecular weight is 279 g/mol. The molecule has 0 aliphatic heterocycles. The highest BCUT2D eigenvalue weighted by molar-refractivity contribution is 5.93. The van der Waals surface area contributed by atoms with Crippen LogP contribution in [0.5, 0.6) is 0 Å². The van der Waals surface area contributed by atoms with Gasteiger partial charge in [-0.25, -0.2) is 4.79 Å². The van der Waals surface area contributed by atoms with E-state index >= 15 is 0 Å². The Kier molecular flexibility index (Phi) is 7.01. The molecule has 5 nitrogen and oxygen atoms in total. The van der Waals surface area contributed by atoms with Crippen molar-refractivity contribution in [3.8, 4) is 0 Å². The summed E-state index contributed by atoms with van der Waals surface area (Å²) in [5.74, 6) is -0.948. The van der Waals surface area contributed by atoms with Gasteiger partial charge < -0.3 is 15.3 Å². The van der Waals surface area contributed by atoms with E-state index in [1.54, 1.807) is 12.3 Å². The van der Waals surface area contributed by atoms with E-state index < -0.39 is 5.97 Å². The van der Waals surface area contributed by atoms with Crippen molar-refractivity contribution >= 4 is 11.7 Å². The van der Waals surface area contributed by atoms with Crippen molar-refractivity contribution in [1.29, 1.82) is 0 Å². The van der Waals surface area contributed by atoms with Gasteiger partial charge in [0, 0.05) is 18.4 Å². The highest BCUT2D eigenvalue weighted by atomic mass is 16.4. The molecule has 2 N–H and O–H groups in total. The van der Waals surface area contributed by atoms with Gasteiger partial charge in [-0.15, -0.1) is 0 Å². The molecule has 0 amide bonds. The fourth-order valence-electron chi connectivity index (χ4n) is 2.19. The molecule has 1 atom stereocenters. The van der Waals surface area contributed by atoms with Crippen LogP contribution in [0.15, 0.2) is 18.5 Å². The lowest BCUT2D eigenvalue weighted by Gasteiger charge is -2.20. The molecular weight excluding hydrogens is 254 g/mol. The van der Waals surface area contributed by atoms with Crippen LogP contribution in [0.4, 0.5) is 5.69 Å². The number of aromatic nitrogens is 1. The monoisotopic (exact) mass is 279 g/mol. The lowest BCUT2D eigenvalue weighted by Crippen LogP contribution is -2.26. The van der Waals surface area contributed by atoms with Crippen molar-refractivity contribution in [2.45, 2.75) is 39.7 Å². The van der Waals surface area contributed by atoms with Gasteiger partial charge in [-0.3, -0.25) is 4.98 Å². The lowest BCUT2D eigenvalue weighted by atomic mass is 10.1. The van der Waals surface area contributed by atoms with E-state index in [1.165, 1.54) is 6.20 Å². The first-order valence-electron chi connectivity index (χ1n) is 7.24. The normalized spacial score (nSPS) is 12.4. The van der Waals surface area contributed by atoms with Gasteiger partial charge in [-0.2, -0.15) is 0 Å². The van der Waals surface area contributed by atoms with Crippen LogP contribution in [0.1, 0.15) is 44.0 Å². The zero-order valence-corrected chi connectivity index (χ0v) is 12.6.